The van der Waals surface area contributed by atoms with E-state index in [2.05, 4.69) is 0 Å². The standard InChI is InChI=1S/C14H10O6.C14H10O4.3Na.Sb/c15-10(16)6-5-9-7-3-1-2-4-8(7)12(17)11(13(9)18)14(19)20;15-13(16)6-5-10-8-11(14(17)18)7-9-3-1-2-4-12(9)10;;;;/h1-6,17-18H,(H,15,16)(H,19,20);1-8H,(H,15,16)(H,17,18);;;;/q;;3*+1;/p-3/b2*6-5+;;;;. The first-order chi connectivity index (χ1) is 18.0. The summed E-state index contributed by atoms with van der Waals surface area (Å²) in [7, 11) is 0. The average Bonchev–Trinajstić information content (AvgIpc) is 2.87. The van der Waals surface area contributed by atoms with Crippen molar-refractivity contribution in [3.05, 3.63) is 95.1 Å². The van der Waals surface area contributed by atoms with E-state index in [1.807, 2.05) is 0 Å². The number of carboxylic acids is 4. The van der Waals surface area contributed by atoms with Crippen molar-refractivity contribution in [1.29, 1.82) is 0 Å². The molecule has 0 aromatic heterocycles. The molecule has 0 bridgehead atoms. The molecule has 3 N–H and O–H groups in total. The van der Waals surface area contributed by atoms with Gasteiger partial charge in [-0.1, -0.05) is 60.0 Å². The second-order valence-corrected chi connectivity index (χ2v) is 7.71. The van der Waals surface area contributed by atoms with E-state index in [9.17, 15) is 34.5 Å². The van der Waals surface area contributed by atoms with Gasteiger partial charge < -0.3 is 35.4 Å². The van der Waals surface area contributed by atoms with Crippen LogP contribution in [0.5, 0.6) is 11.5 Å². The van der Waals surface area contributed by atoms with Gasteiger partial charge in [-0.2, -0.15) is 0 Å². The van der Waals surface area contributed by atoms with Crippen molar-refractivity contribution in [2.24, 2.45) is 0 Å². The number of hydrogen-bond acceptors (Lipinski definition) is 7. The summed E-state index contributed by atoms with van der Waals surface area (Å²) in [6.45, 7) is 0. The zero-order chi connectivity index (χ0) is 28.0. The molecule has 0 spiro atoms. The van der Waals surface area contributed by atoms with E-state index < -0.39 is 40.9 Å². The number of carbonyl (C=O) groups is 4. The summed E-state index contributed by atoms with van der Waals surface area (Å²) >= 11 is 0. The summed E-state index contributed by atoms with van der Waals surface area (Å²) in [6, 6.07) is 16.0. The van der Waals surface area contributed by atoms with Crippen LogP contribution in [0.1, 0.15) is 31.8 Å². The van der Waals surface area contributed by atoms with Crippen LogP contribution in [0, 0.1) is 0 Å². The number of aromatic carboxylic acids is 2. The largest absolute Gasteiger partial charge is 1.00 e. The molecule has 0 amide bonds. The Morgan fingerprint density at radius 1 is 0.667 bits per heavy atom. The second kappa shape index (κ2) is 19.5. The Bertz CT molecular complexity index is 1670. The van der Waals surface area contributed by atoms with Crippen LogP contribution in [-0.4, -0.2) is 63.6 Å². The Balaban J connectivity index is 0. The van der Waals surface area contributed by atoms with Crippen molar-refractivity contribution in [3.8, 4) is 11.5 Å². The average molecular weight is 704 g/mol. The van der Waals surface area contributed by atoms with E-state index >= 15 is 0 Å². The van der Waals surface area contributed by atoms with Gasteiger partial charge in [-0.15, -0.1) is 0 Å². The number of carboxylic acid groups (broad SMARTS) is 4. The molecule has 0 saturated carbocycles. The number of rotatable bonds is 6. The van der Waals surface area contributed by atoms with Crippen LogP contribution in [0.25, 0.3) is 33.7 Å². The molecule has 0 heterocycles. The molecule has 0 aliphatic rings. The van der Waals surface area contributed by atoms with Gasteiger partial charge >= 0.3 is 107 Å². The van der Waals surface area contributed by atoms with E-state index in [0.717, 1.165) is 29.0 Å². The third kappa shape index (κ3) is 10.7. The molecule has 3 radical (unpaired) electrons. The Morgan fingerprint density at radius 3 is 1.69 bits per heavy atom. The van der Waals surface area contributed by atoms with E-state index in [1.165, 1.54) is 36.4 Å². The quantitative estimate of drug-likeness (QED) is 0.128. The third-order valence-corrected chi connectivity index (χ3v) is 5.30. The minimum absolute atomic E-state index is 0. The maximum Gasteiger partial charge on any atom is 1.00 e. The molecular formula is C28H17Na3O10Sb. The zero-order valence-electron chi connectivity index (χ0n) is 22.7. The van der Waals surface area contributed by atoms with Crippen LogP contribution in [0.3, 0.4) is 0 Å². The first-order valence-corrected chi connectivity index (χ1v) is 10.7. The van der Waals surface area contributed by atoms with Gasteiger partial charge in [-0.05, 0) is 62.5 Å². The van der Waals surface area contributed by atoms with Crippen LogP contribution in [0.4, 0.5) is 0 Å². The Kier molecular flexibility index (Phi) is 19.6. The van der Waals surface area contributed by atoms with Gasteiger partial charge in [-0.25, -0.2) is 14.4 Å². The van der Waals surface area contributed by atoms with E-state index in [4.69, 9.17) is 15.3 Å². The fraction of sp³-hybridized carbons (Fsp3) is 0. The summed E-state index contributed by atoms with van der Waals surface area (Å²) < 4.78 is 0. The van der Waals surface area contributed by atoms with E-state index in [1.54, 1.807) is 30.3 Å². The zero-order valence-corrected chi connectivity index (χ0v) is 31.3. The van der Waals surface area contributed by atoms with Gasteiger partial charge in [0.25, 0.3) is 0 Å². The van der Waals surface area contributed by atoms with Crippen LogP contribution < -0.4 is 104 Å². The topological polar surface area (TPSA) is 198 Å². The Labute approximate surface area is 323 Å². The normalized spacial score (nSPS) is 9.90. The summed E-state index contributed by atoms with van der Waals surface area (Å²) in [5.74, 6) is -7.14. The third-order valence-electron chi connectivity index (χ3n) is 5.30. The summed E-state index contributed by atoms with van der Waals surface area (Å²) in [4.78, 5) is 43.0. The van der Waals surface area contributed by atoms with Crippen molar-refractivity contribution < 1.29 is 138 Å². The number of benzene rings is 4. The fourth-order valence-electron chi connectivity index (χ4n) is 3.68. The first kappa shape index (κ1) is 42.3. The summed E-state index contributed by atoms with van der Waals surface area (Å²) in [5.41, 5.74) is -0.442. The van der Waals surface area contributed by atoms with E-state index in [0.29, 0.717) is 5.56 Å². The van der Waals surface area contributed by atoms with Gasteiger partial charge in [0.15, 0.2) is 0 Å². The molecule has 14 heteroatoms. The number of aliphatic carboxylic acids is 2. The summed E-state index contributed by atoms with van der Waals surface area (Å²) in [6.07, 6.45) is 4.07. The molecule has 0 aliphatic heterocycles. The predicted molar refractivity (Wildman–Crippen MR) is 137 cm³/mol. The molecule has 4 rings (SSSR count). The fourth-order valence-corrected chi connectivity index (χ4v) is 3.68. The van der Waals surface area contributed by atoms with Crippen LogP contribution >= 0.6 is 0 Å². The molecule has 0 aliphatic carbocycles. The molecule has 197 valence electrons. The van der Waals surface area contributed by atoms with Crippen molar-refractivity contribution in [2.75, 3.05) is 0 Å². The second-order valence-electron chi connectivity index (χ2n) is 7.71. The van der Waals surface area contributed by atoms with Crippen LogP contribution in [0.2, 0.25) is 0 Å². The molecule has 0 fully saturated rings. The van der Waals surface area contributed by atoms with Crippen molar-refractivity contribution in [1.82, 2.24) is 0 Å². The van der Waals surface area contributed by atoms with Crippen LogP contribution in [0.15, 0.2) is 72.8 Å². The number of carbonyl (C=O) groups excluding carboxylic acids is 1. The monoisotopic (exact) mass is 703 g/mol. The minimum atomic E-state index is -1.63. The number of fused-ring (bicyclic) bond motifs is 2. The molecule has 42 heavy (non-hydrogen) atoms. The molecule has 0 atom stereocenters. The van der Waals surface area contributed by atoms with Gasteiger partial charge in [0.1, 0.15) is 0 Å². The smallest absolute Gasteiger partial charge is 0.871 e. The molecule has 4 aromatic rings. The SMILES string of the molecule is O=C(O)/C=C/c1c([O-])c(C(=O)O)c([O-])c2ccccc12.O=C(O)/C=C/c1cc(C(=O)[O-])cc2ccccc12.[Na+].[Na+].[Na+].[Sb]. The maximum absolute atomic E-state index is 12.0. The van der Waals surface area contributed by atoms with Crippen molar-refractivity contribution >= 4 is 82.0 Å². The predicted octanol–water partition coefficient (Wildman–Crippen LogP) is -7.28. The molecule has 10 nitrogen and oxygen atoms in total. The molecule has 4 aromatic carbocycles. The van der Waals surface area contributed by atoms with Crippen LogP contribution in [-0.2, 0) is 9.59 Å². The van der Waals surface area contributed by atoms with Gasteiger partial charge in [0.05, 0.1) is 5.97 Å². The van der Waals surface area contributed by atoms with Gasteiger partial charge in [-0.3, -0.25) is 0 Å². The van der Waals surface area contributed by atoms with Crippen molar-refractivity contribution in [2.45, 2.75) is 0 Å². The minimum Gasteiger partial charge on any atom is -0.871 e. The maximum atomic E-state index is 12.0. The molecular weight excluding hydrogens is 687 g/mol. The van der Waals surface area contributed by atoms with Gasteiger partial charge in [0.2, 0.25) is 0 Å². The summed E-state index contributed by atoms with van der Waals surface area (Å²) in [5, 5.41) is 62.9. The van der Waals surface area contributed by atoms with Crippen molar-refractivity contribution in [3.63, 3.8) is 0 Å². The first-order valence-electron chi connectivity index (χ1n) is 10.7. The number of hydrogen-bond donors (Lipinski definition) is 3. The Hall–Kier alpha value is -1.82. The molecule has 0 unspecified atom stereocenters. The Morgan fingerprint density at radius 2 is 1.17 bits per heavy atom. The molecule has 0 saturated heterocycles. The van der Waals surface area contributed by atoms with E-state index in [-0.39, 0.29) is 135 Å². The van der Waals surface area contributed by atoms with Gasteiger partial charge in [0, 0.05) is 42.1 Å².